The molecule has 0 radical (unpaired) electrons. The number of nitrogens with one attached hydrogen (secondary N) is 1. The second-order valence-corrected chi connectivity index (χ2v) is 9.75. The number of amides is 1. The number of rotatable bonds is 6. The maximum atomic E-state index is 13.1. The first-order valence-electron chi connectivity index (χ1n) is 10.4. The highest BCUT2D eigenvalue weighted by atomic mass is 32.2. The standard InChI is InChI=1S/C25H20F3N3O3S/c1-35(33,34)31(20-10-6-9-19(14-20)25(26,27)28)16-24(32)30-29-15-23-21-11-4-2-7-17(21)13-18-8-3-5-12-22(18)23/h2-15H,16H2,1H3,(H,30,32)/b29-15-. The Morgan fingerprint density at radius 3 is 2.11 bits per heavy atom. The molecule has 0 heterocycles. The van der Waals surface area contributed by atoms with Crippen molar-refractivity contribution in [2.75, 3.05) is 17.1 Å². The molecule has 0 aliphatic carbocycles. The zero-order chi connectivity index (χ0) is 25.2. The third-order valence-electron chi connectivity index (χ3n) is 5.34. The summed E-state index contributed by atoms with van der Waals surface area (Å²) < 4.78 is 64.3. The van der Waals surface area contributed by atoms with Crippen LogP contribution in [0.5, 0.6) is 0 Å². The summed E-state index contributed by atoms with van der Waals surface area (Å²) in [5.74, 6) is -0.811. The third-order valence-corrected chi connectivity index (χ3v) is 6.49. The fourth-order valence-electron chi connectivity index (χ4n) is 3.76. The summed E-state index contributed by atoms with van der Waals surface area (Å²) in [6.45, 7) is -0.742. The highest BCUT2D eigenvalue weighted by Gasteiger charge is 2.32. The number of benzene rings is 4. The second-order valence-electron chi connectivity index (χ2n) is 7.84. The number of carbonyl (C=O) groups excluding carboxylic acids is 1. The molecule has 0 spiro atoms. The fraction of sp³-hybridized carbons (Fsp3) is 0.120. The SMILES string of the molecule is CS(=O)(=O)N(CC(=O)N/N=C\c1c2ccccc2cc2ccccc12)c1cccc(C(F)(F)F)c1. The number of anilines is 1. The Morgan fingerprint density at radius 2 is 1.54 bits per heavy atom. The molecule has 4 aromatic carbocycles. The Morgan fingerprint density at radius 1 is 0.943 bits per heavy atom. The first-order valence-corrected chi connectivity index (χ1v) is 12.3. The van der Waals surface area contributed by atoms with Crippen LogP contribution in [0.25, 0.3) is 21.5 Å². The van der Waals surface area contributed by atoms with Gasteiger partial charge in [-0.1, -0.05) is 54.6 Å². The largest absolute Gasteiger partial charge is 0.416 e. The lowest BCUT2D eigenvalue weighted by molar-refractivity contribution is -0.137. The van der Waals surface area contributed by atoms with Crippen LogP contribution < -0.4 is 9.73 Å². The van der Waals surface area contributed by atoms with Crippen molar-refractivity contribution >= 4 is 49.4 Å². The molecule has 4 rings (SSSR count). The lowest BCUT2D eigenvalue weighted by Crippen LogP contribution is -2.39. The maximum absolute atomic E-state index is 13.1. The van der Waals surface area contributed by atoms with E-state index in [0.717, 1.165) is 45.5 Å². The van der Waals surface area contributed by atoms with E-state index in [-0.39, 0.29) is 5.69 Å². The molecule has 4 aromatic rings. The van der Waals surface area contributed by atoms with Crippen molar-refractivity contribution in [3.05, 3.63) is 90.0 Å². The molecule has 6 nitrogen and oxygen atoms in total. The average molecular weight is 500 g/mol. The molecule has 0 aliphatic rings. The summed E-state index contributed by atoms with van der Waals surface area (Å²) in [6.07, 6.45) is -2.38. The molecule has 0 unspecified atom stereocenters. The third kappa shape index (κ3) is 5.43. The van der Waals surface area contributed by atoms with Gasteiger partial charge in [0.25, 0.3) is 5.91 Å². The van der Waals surface area contributed by atoms with Crippen molar-refractivity contribution in [1.82, 2.24) is 5.43 Å². The molecule has 0 saturated heterocycles. The van der Waals surface area contributed by atoms with Crippen LogP contribution >= 0.6 is 0 Å². The Labute approximate surface area is 199 Å². The van der Waals surface area contributed by atoms with Crippen LogP contribution in [0.3, 0.4) is 0 Å². The van der Waals surface area contributed by atoms with Crippen LogP contribution in [-0.4, -0.2) is 33.3 Å². The van der Waals surface area contributed by atoms with E-state index in [1.807, 2.05) is 54.6 Å². The topological polar surface area (TPSA) is 78.8 Å². The molecule has 0 atom stereocenters. The van der Waals surface area contributed by atoms with Gasteiger partial charge in [-0.2, -0.15) is 18.3 Å². The van der Waals surface area contributed by atoms with Gasteiger partial charge in [-0.25, -0.2) is 13.8 Å². The van der Waals surface area contributed by atoms with Crippen molar-refractivity contribution < 1.29 is 26.4 Å². The van der Waals surface area contributed by atoms with E-state index < -0.39 is 34.2 Å². The number of nitrogens with zero attached hydrogens (tertiary/aromatic N) is 2. The summed E-state index contributed by atoms with van der Waals surface area (Å²) in [5.41, 5.74) is 1.74. The molecular weight excluding hydrogens is 479 g/mol. The first-order chi connectivity index (χ1) is 16.5. The van der Waals surface area contributed by atoms with E-state index in [9.17, 15) is 26.4 Å². The van der Waals surface area contributed by atoms with Gasteiger partial charge in [0, 0.05) is 5.56 Å². The zero-order valence-corrected chi connectivity index (χ0v) is 19.3. The van der Waals surface area contributed by atoms with E-state index in [1.54, 1.807) is 0 Å². The smallest absolute Gasteiger partial charge is 0.271 e. The summed E-state index contributed by atoms with van der Waals surface area (Å²) in [5, 5.41) is 7.77. The molecule has 1 amide bonds. The highest BCUT2D eigenvalue weighted by Crippen LogP contribution is 2.32. The Kier molecular flexibility index (Phi) is 6.49. The average Bonchev–Trinajstić information content (AvgIpc) is 2.81. The predicted molar refractivity (Wildman–Crippen MR) is 131 cm³/mol. The van der Waals surface area contributed by atoms with Gasteiger partial charge >= 0.3 is 6.18 Å². The van der Waals surface area contributed by atoms with Gasteiger partial charge in [-0.15, -0.1) is 0 Å². The molecule has 1 N–H and O–H groups in total. The summed E-state index contributed by atoms with van der Waals surface area (Å²) >= 11 is 0. The van der Waals surface area contributed by atoms with Crippen molar-refractivity contribution in [2.24, 2.45) is 5.10 Å². The Balaban J connectivity index is 1.60. The number of hydrogen-bond acceptors (Lipinski definition) is 4. The van der Waals surface area contributed by atoms with Crippen LogP contribution in [0.15, 0.2) is 84.0 Å². The molecule has 35 heavy (non-hydrogen) atoms. The van der Waals surface area contributed by atoms with Crippen molar-refractivity contribution in [3.63, 3.8) is 0 Å². The summed E-state index contributed by atoms with van der Waals surface area (Å²) in [6, 6.07) is 21.1. The van der Waals surface area contributed by atoms with Crippen molar-refractivity contribution in [2.45, 2.75) is 6.18 Å². The second kappa shape index (κ2) is 9.38. The normalized spacial score (nSPS) is 12.3. The van der Waals surface area contributed by atoms with E-state index in [0.29, 0.717) is 10.4 Å². The fourth-order valence-corrected chi connectivity index (χ4v) is 4.61. The molecule has 0 bridgehead atoms. The Bertz CT molecular complexity index is 1500. The lowest BCUT2D eigenvalue weighted by Gasteiger charge is -2.22. The van der Waals surface area contributed by atoms with Gasteiger partial charge in [-0.3, -0.25) is 9.10 Å². The Hall–Kier alpha value is -3.92. The minimum absolute atomic E-state index is 0.276. The predicted octanol–water partition coefficient (Wildman–Crippen LogP) is 4.93. The molecule has 0 fully saturated rings. The highest BCUT2D eigenvalue weighted by molar-refractivity contribution is 7.92. The van der Waals surface area contributed by atoms with E-state index in [4.69, 9.17) is 0 Å². The van der Waals surface area contributed by atoms with Gasteiger partial charge in [0.1, 0.15) is 6.54 Å². The minimum atomic E-state index is -4.66. The van der Waals surface area contributed by atoms with Gasteiger partial charge in [0.2, 0.25) is 10.0 Å². The summed E-state index contributed by atoms with van der Waals surface area (Å²) in [7, 11) is -4.06. The molecule has 10 heteroatoms. The van der Waals surface area contributed by atoms with E-state index in [2.05, 4.69) is 10.5 Å². The van der Waals surface area contributed by atoms with Gasteiger partial charge in [0.15, 0.2) is 0 Å². The quantitative estimate of drug-likeness (QED) is 0.232. The number of halogens is 3. The van der Waals surface area contributed by atoms with Gasteiger partial charge in [0.05, 0.1) is 23.7 Å². The number of sulfonamides is 1. The number of fused-ring (bicyclic) bond motifs is 2. The first kappa shape index (κ1) is 24.2. The molecule has 180 valence electrons. The lowest BCUT2D eigenvalue weighted by atomic mass is 9.97. The number of hydrogen-bond donors (Lipinski definition) is 1. The van der Waals surface area contributed by atoms with Crippen molar-refractivity contribution in [3.8, 4) is 0 Å². The van der Waals surface area contributed by atoms with Crippen molar-refractivity contribution in [1.29, 1.82) is 0 Å². The number of alkyl halides is 3. The molecular formula is C25H20F3N3O3S. The maximum Gasteiger partial charge on any atom is 0.416 e. The van der Waals surface area contributed by atoms with Crippen LogP contribution in [-0.2, 0) is 21.0 Å². The molecule has 0 aliphatic heterocycles. The van der Waals surface area contributed by atoms with E-state index >= 15 is 0 Å². The van der Waals surface area contributed by atoms with Crippen LogP contribution in [0.1, 0.15) is 11.1 Å². The molecule has 0 saturated carbocycles. The van der Waals surface area contributed by atoms with E-state index in [1.165, 1.54) is 12.3 Å². The zero-order valence-electron chi connectivity index (χ0n) is 18.5. The van der Waals surface area contributed by atoms with Gasteiger partial charge < -0.3 is 0 Å². The van der Waals surface area contributed by atoms with Crippen LogP contribution in [0, 0.1) is 0 Å². The monoisotopic (exact) mass is 499 g/mol. The number of carbonyl (C=O) groups is 1. The molecule has 0 aromatic heterocycles. The minimum Gasteiger partial charge on any atom is -0.271 e. The van der Waals surface area contributed by atoms with Gasteiger partial charge in [-0.05, 0) is 45.8 Å². The summed E-state index contributed by atoms with van der Waals surface area (Å²) in [4.78, 5) is 12.5. The van der Waals surface area contributed by atoms with Crippen LogP contribution in [0.2, 0.25) is 0 Å². The van der Waals surface area contributed by atoms with Crippen LogP contribution in [0.4, 0.5) is 18.9 Å². The number of hydrazone groups is 1.